The summed E-state index contributed by atoms with van der Waals surface area (Å²) in [4.78, 5) is 10.6. The molecule has 2 rings (SSSR count). The predicted molar refractivity (Wildman–Crippen MR) is 48.5 cm³/mol. The second-order valence-corrected chi connectivity index (χ2v) is 4.45. The molecule has 0 unspecified atom stereocenters. The van der Waals surface area contributed by atoms with Crippen molar-refractivity contribution in [1.29, 1.82) is 0 Å². The molecule has 80 valence electrons. The third kappa shape index (κ3) is 1.69. The topological polar surface area (TPSA) is 44.8 Å². The van der Waals surface area contributed by atoms with Crippen molar-refractivity contribution in [2.45, 2.75) is 51.5 Å². The molecule has 0 spiro atoms. The molecule has 0 radical (unpaired) electrons. The van der Waals surface area contributed by atoms with Gasteiger partial charge < -0.3 is 19.0 Å². The summed E-state index contributed by atoms with van der Waals surface area (Å²) in [7, 11) is 0. The molecule has 0 aromatic rings. The summed E-state index contributed by atoms with van der Waals surface area (Å²) in [6.45, 7) is 5.59. The lowest BCUT2D eigenvalue weighted by Gasteiger charge is -2.21. The average Bonchev–Trinajstić information content (AvgIpc) is 2.56. The molecule has 4 nitrogen and oxygen atoms in total. The molecule has 0 N–H and O–H groups in total. The zero-order chi connectivity index (χ0) is 10.3. The van der Waals surface area contributed by atoms with E-state index in [0.717, 1.165) is 12.7 Å². The van der Waals surface area contributed by atoms with Gasteiger partial charge in [-0.1, -0.05) is 6.92 Å². The van der Waals surface area contributed by atoms with Crippen molar-refractivity contribution in [3.63, 3.8) is 0 Å². The molecule has 0 aliphatic carbocycles. The third-order valence-corrected chi connectivity index (χ3v) is 2.71. The van der Waals surface area contributed by atoms with Crippen LogP contribution < -0.4 is 0 Å². The molecule has 0 bridgehead atoms. The van der Waals surface area contributed by atoms with Crippen molar-refractivity contribution in [3.8, 4) is 0 Å². The highest BCUT2D eigenvalue weighted by Gasteiger charge is 2.49. The number of hydrogen-bond acceptors (Lipinski definition) is 4. The van der Waals surface area contributed by atoms with Gasteiger partial charge in [-0.3, -0.25) is 0 Å². The van der Waals surface area contributed by atoms with E-state index < -0.39 is 5.79 Å². The van der Waals surface area contributed by atoms with Crippen LogP contribution in [0.2, 0.25) is 0 Å². The van der Waals surface area contributed by atoms with Crippen LogP contribution in [0.3, 0.4) is 0 Å². The van der Waals surface area contributed by atoms with E-state index >= 15 is 0 Å². The molecule has 2 aliphatic heterocycles. The van der Waals surface area contributed by atoms with E-state index in [0.29, 0.717) is 0 Å². The summed E-state index contributed by atoms with van der Waals surface area (Å²) >= 11 is 0. The second kappa shape index (κ2) is 3.29. The van der Waals surface area contributed by atoms with Gasteiger partial charge in [-0.25, -0.2) is 0 Å². The zero-order valence-electron chi connectivity index (χ0n) is 8.73. The first-order valence-corrected chi connectivity index (χ1v) is 4.98. The molecule has 4 atom stereocenters. The number of fused-ring (bicyclic) bond motifs is 1. The molecule has 0 aromatic carbocycles. The Kier molecular flexibility index (Phi) is 2.37. The smallest absolute Gasteiger partial charge is 0.187 e. The van der Waals surface area contributed by atoms with Gasteiger partial charge in [-0.15, -0.1) is 0 Å². The van der Waals surface area contributed by atoms with E-state index in [4.69, 9.17) is 14.2 Å². The Morgan fingerprint density at radius 2 is 2.14 bits per heavy atom. The van der Waals surface area contributed by atoms with Gasteiger partial charge in [0.05, 0.1) is 6.10 Å². The first kappa shape index (κ1) is 10.1. The fraction of sp³-hybridized carbons (Fsp3) is 0.900. The van der Waals surface area contributed by atoms with Crippen LogP contribution in [-0.2, 0) is 19.0 Å². The highest BCUT2D eigenvalue weighted by Crippen LogP contribution is 2.38. The van der Waals surface area contributed by atoms with Gasteiger partial charge in [0, 0.05) is 12.3 Å². The maximum atomic E-state index is 10.6. The van der Waals surface area contributed by atoms with Crippen molar-refractivity contribution in [2.24, 2.45) is 5.92 Å². The molecular weight excluding hydrogens is 184 g/mol. The summed E-state index contributed by atoms with van der Waals surface area (Å²) in [5, 5.41) is 0. The predicted octanol–water partition coefficient (Wildman–Crippen LogP) is 1.09. The largest absolute Gasteiger partial charge is 0.346 e. The van der Waals surface area contributed by atoms with Crippen molar-refractivity contribution in [1.82, 2.24) is 0 Å². The Morgan fingerprint density at radius 1 is 1.43 bits per heavy atom. The number of carbonyl (C=O) groups excluding carboxylic acids is 1. The number of aldehydes is 1. The van der Waals surface area contributed by atoms with Crippen LogP contribution >= 0.6 is 0 Å². The van der Waals surface area contributed by atoms with Gasteiger partial charge in [0.25, 0.3) is 0 Å². The van der Waals surface area contributed by atoms with E-state index in [9.17, 15) is 4.79 Å². The first-order chi connectivity index (χ1) is 6.52. The number of carbonyl (C=O) groups is 1. The molecule has 2 fully saturated rings. The van der Waals surface area contributed by atoms with Crippen LogP contribution in [0.4, 0.5) is 0 Å². The molecule has 0 amide bonds. The van der Waals surface area contributed by atoms with E-state index in [1.165, 1.54) is 0 Å². The fourth-order valence-corrected chi connectivity index (χ4v) is 1.96. The van der Waals surface area contributed by atoms with Crippen molar-refractivity contribution in [2.75, 3.05) is 0 Å². The van der Waals surface area contributed by atoms with Crippen LogP contribution in [0.25, 0.3) is 0 Å². The SMILES string of the molecule is C[C@@H](C=O)[C@@H]1C[C@H]2OC(C)(C)O[C@H]2O1. The summed E-state index contributed by atoms with van der Waals surface area (Å²) in [6.07, 6.45) is 1.29. The van der Waals surface area contributed by atoms with Crippen LogP contribution in [-0.4, -0.2) is 30.6 Å². The van der Waals surface area contributed by atoms with E-state index in [-0.39, 0.29) is 24.4 Å². The lowest BCUT2D eigenvalue weighted by atomic mass is 10.0. The van der Waals surface area contributed by atoms with Crippen molar-refractivity contribution in [3.05, 3.63) is 0 Å². The molecule has 14 heavy (non-hydrogen) atoms. The minimum atomic E-state index is -0.551. The molecular formula is C10H16O4. The number of rotatable bonds is 2. The Bertz CT molecular complexity index is 222. The third-order valence-electron chi connectivity index (χ3n) is 2.71. The standard InChI is InChI=1S/C10H16O4/c1-6(5-11)7-4-8-9(12-7)14-10(2,3)13-8/h5-9H,4H2,1-3H3/t6-,7-,8+,9+/m0/s1. The first-order valence-electron chi connectivity index (χ1n) is 4.98. The lowest BCUT2D eigenvalue weighted by Crippen LogP contribution is -2.27. The van der Waals surface area contributed by atoms with Crippen LogP contribution in [0.5, 0.6) is 0 Å². The van der Waals surface area contributed by atoms with Gasteiger partial charge in [-0.2, -0.15) is 0 Å². The molecule has 2 aliphatic rings. The van der Waals surface area contributed by atoms with Crippen LogP contribution in [0, 0.1) is 5.92 Å². The van der Waals surface area contributed by atoms with E-state index in [1.807, 2.05) is 20.8 Å². The molecule has 2 saturated heterocycles. The quantitative estimate of drug-likeness (QED) is 0.626. The van der Waals surface area contributed by atoms with Crippen molar-refractivity contribution < 1.29 is 19.0 Å². The molecule has 0 aromatic heterocycles. The zero-order valence-corrected chi connectivity index (χ0v) is 8.73. The average molecular weight is 200 g/mol. The number of hydrogen-bond donors (Lipinski definition) is 0. The maximum Gasteiger partial charge on any atom is 0.187 e. The summed E-state index contributed by atoms with van der Waals surface area (Å²) in [6, 6.07) is 0. The Hall–Kier alpha value is -0.450. The highest BCUT2D eigenvalue weighted by atomic mass is 16.8. The van der Waals surface area contributed by atoms with Crippen LogP contribution in [0.15, 0.2) is 0 Å². The van der Waals surface area contributed by atoms with E-state index in [1.54, 1.807) is 0 Å². The maximum absolute atomic E-state index is 10.6. The molecule has 0 saturated carbocycles. The summed E-state index contributed by atoms with van der Waals surface area (Å²) in [5.74, 6) is -0.638. The fourth-order valence-electron chi connectivity index (χ4n) is 1.96. The second-order valence-electron chi connectivity index (χ2n) is 4.45. The van der Waals surface area contributed by atoms with Gasteiger partial charge in [0.2, 0.25) is 0 Å². The lowest BCUT2D eigenvalue weighted by molar-refractivity contribution is -0.208. The van der Waals surface area contributed by atoms with Gasteiger partial charge in [0.15, 0.2) is 12.1 Å². The van der Waals surface area contributed by atoms with Crippen molar-refractivity contribution >= 4 is 6.29 Å². The van der Waals surface area contributed by atoms with Gasteiger partial charge in [0.1, 0.15) is 12.4 Å². The minimum Gasteiger partial charge on any atom is -0.346 e. The summed E-state index contributed by atoms with van der Waals surface area (Å²) in [5.41, 5.74) is 0. The van der Waals surface area contributed by atoms with Gasteiger partial charge >= 0.3 is 0 Å². The molecule has 4 heteroatoms. The summed E-state index contributed by atoms with van der Waals surface area (Å²) < 4.78 is 16.8. The monoisotopic (exact) mass is 200 g/mol. The van der Waals surface area contributed by atoms with Gasteiger partial charge in [-0.05, 0) is 13.8 Å². The van der Waals surface area contributed by atoms with E-state index in [2.05, 4.69) is 0 Å². The number of ether oxygens (including phenoxy) is 3. The Labute approximate surface area is 83.5 Å². The Morgan fingerprint density at radius 3 is 2.71 bits per heavy atom. The van der Waals surface area contributed by atoms with Crippen LogP contribution in [0.1, 0.15) is 27.2 Å². The minimum absolute atomic E-state index is 0.0163. The highest BCUT2D eigenvalue weighted by molar-refractivity contribution is 5.53. The molecule has 2 heterocycles. The normalized spacial score (nSPS) is 42.1. The Balaban J connectivity index is 1.96.